The summed E-state index contributed by atoms with van der Waals surface area (Å²) in [6.45, 7) is 1.70. The molecule has 1 aliphatic carbocycles. The summed E-state index contributed by atoms with van der Waals surface area (Å²) in [6, 6.07) is 0. The molecule has 3 nitrogen and oxygen atoms in total. The quantitative estimate of drug-likeness (QED) is 0.415. The maximum Gasteiger partial charge on any atom is 0.306 e. The number of rotatable bonds is 6. The molecule has 0 saturated heterocycles. The molecular formula is C12H21NO2. The summed E-state index contributed by atoms with van der Waals surface area (Å²) in [5.74, 6) is -0.139. The van der Waals surface area contributed by atoms with Gasteiger partial charge in [0.1, 0.15) is 0 Å². The van der Waals surface area contributed by atoms with Gasteiger partial charge in [0.15, 0.2) is 0 Å². The second-order valence-electron chi connectivity index (χ2n) is 3.93. The van der Waals surface area contributed by atoms with Crippen LogP contribution in [0.3, 0.4) is 0 Å². The first-order valence-corrected chi connectivity index (χ1v) is 5.78. The zero-order valence-electron chi connectivity index (χ0n) is 9.55. The zero-order valence-corrected chi connectivity index (χ0v) is 9.55. The molecule has 0 atom stereocenters. The van der Waals surface area contributed by atoms with Crippen LogP contribution in [-0.4, -0.2) is 26.2 Å². The summed E-state index contributed by atoms with van der Waals surface area (Å²) in [6.07, 6.45) is 9.16. The van der Waals surface area contributed by atoms with Gasteiger partial charge in [-0.15, -0.1) is 0 Å². The van der Waals surface area contributed by atoms with Gasteiger partial charge in [-0.3, -0.25) is 4.79 Å². The van der Waals surface area contributed by atoms with Crippen molar-refractivity contribution >= 4 is 5.97 Å². The Morgan fingerprint density at radius 3 is 3.00 bits per heavy atom. The van der Waals surface area contributed by atoms with E-state index in [1.54, 1.807) is 5.57 Å². The Morgan fingerprint density at radius 1 is 1.47 bits per heavy atom. The van der Waals surface area contributed by atoms with E-state index in [0.29, 0.717) is 6.42 Å². The lowest BCUT2D eigenvalue weighted by Gasteiger charge is -2.12. The van der Waals surface area contributed by atoms with Crippen LogP contribution in [0.5, 0.6) is 0 Å². The fourth-order valence-corrected chi connectivity index (χ4v) is 1.80. The molecule has 0 bridgehead atoms. The van der Waals surface area contributed by atoms with Crippen LogP contribution in [0, 0.1) is 0 Å². The Bertz CT molecular complexity index is 224. The first-order chi connectivity index (χ1) is 7.33. The van der Waals surface area contributed by atoms with Crippen molar-refractivity contribution in [2.45, 2.75) is 38.5 Å². The second kappa shape index (κ2) is 7.46. The SMILES string of the molecule is COC(=O)CCNCCC1=CCCCC1. The van der Waals surface area contributed by atoms with E-state index in [1.165, 1.54) is 32.8 Å². The van der Waals surface area contributed by atoms with E-state index in [-0.39, 0.29) is 5.97 Å². The number of hydrogen-bond acceptors (Lipinski definition) is 3. The molecule has 1 N–H and O–H groups in total. The number of allylic oxidation sites excluding steroid dienone is 1. The van der Waals surface area contributed by atoms with Crippen molar-refractivity contribution in [1.82, 2.24) is 5.32 Å². The van der Waals surface area contributed by atoms with E-state index in [2.05, 4.69) is 16.1 Å². The van der Waals surface area contributed by atoms with Crippen molar-refractivity contribution < 1.29 is 9.53 Å². The summed E-state index contributed by atoms with van der Waals surface area (Å²) in [7, 11) is 1.43. The van der Waals surface area contributed by atoms with Crippen LogP contribution in [0.2, 0.25) is 0 Å². The number of methoxy groups -OCH3 is 1. The highest BCUT2D eigenvalue weighted by Crippen LogP contribution is 2.19. The van der Waals surface area contributed by atoms with Crippen molar-refractivity contribution in [1.29, 1.82) is 0 Å². The highest BCUT2D eigenvalue weighted by atomic mass is 16.5. The average Bonchev–Trinajstić information content (AvgIpc) is 2.29. The molecule has 0 aliphatic heterocycles. The van der Waals surface area contributed by atoms with Gasteiger partial charge in [0, 0.05) is 6.54 Å². The number of hydrogen-bond donors (Lipinski definition) is 1. The van der Waals surface area contributed by atoms with E-state index in [4.69, 9.17) is 0 Å². The Kier molecular flexibility index (Phi) is 6.09. The second-order valence-corrected chi connectivity index (χ2v) is 3.93. The van der Waals surface area contributed by atoms with Crippen LogP contribution in [0.4, 0.5) is 0 Å². The maximum atomic E-state index is 10.8. The van der Waals surface area contributed by atoms with Gasteiger partial charge in [-0.05, 0) is 38.6 Å². The van der Waals surface area contributed by atoms with Gasteiger partial charge in [0.25, 0.3) is 0 Å². The lowest BCUT2D eigenvalue weighted by Crippen LogP contribution is -2.20. The molecule has 3 heteroatoms. The highest BCUT2D eigenvalue weighted by molar-refractivity contribution is 5.69. The lowest BCUT2D eigenvalue weighted by atomic mass is 9.97. The maximum absolute atomic E-state index is 10.8. The van der Waals surface area contributed by atoms with Crippen molar-refractivity contribution in [2.75, 3.05) is 20.2 Å². The van der Waals surface area contributed by atoms with Gasteiger partial charge < -0.3 is 10.1 Å². The van der Waals surface area contributed by atoms with Gasteiger partial charge in [0.05, 0.1) is 13.5 Å². The Labute approximate surface area is 91.9 Å². The molecule has 0 spiro atoms. The fourth-order valence-electron chi connectivity index (χ4n) is 1.80. The molecule has 0 aromatic carbocycles. The van der Waals surface area contributed by atoms with Crippen LogP contribution in [0.1, 0.15) is 38.5 Å². The number of esters is 1. The first kappa shape index (κ1) is 12.2. The van der Waals surface area contributed by atoms with Gasteiger partial charge in [-0.25, -0.2) is 0 Å². The minimum absolute atomic E-state index is 0.139. The average molecular weight is 211 g/mol. The van der Waals surface area contributed by atoms with Gasteiger partial charge in [-0.2, -0.15) is 0 Å². The minimum atomic E-state index is -0.139. The molecule has 0 fully saturated rings. The third kappa shape index (κ3) is 5.57. The van der Waals surface area contributed by atoms with Crippen LogP contribution in [-0.2, 0) is 9.53 Å². The molecule has 1 rings (SSSR count). The lowest BCUT2D eigenvalue weighted by molar-refractivity contribution is -0.140. The molecule has 15 heavy (non-hydrogen) atoms. The molecule has 0 heterocycles. The predicted molar refractivity (Wildman–Crippen MR) is 60.7 cm³/mol. The molecule has 0 radical (unpaired) electrons. The van der Waals surface area contributed by atoms with Crippen LogP contribution in [0.15, 0.2) is 11.6 Å². The molecule has 1 aliphatic rings. The normalized spacial score (nSPS) is 15.9. The van der Waals surface area contributed by atoms with Crippen molar-refractivity contribution in [2.24, 2.45) is 0 Å². The monoisotopic (exact) mass is 211 g/mol. The summed E-state index contributed by atoms with van der Waals surface area (Å²) >= 11 is 0. The van der Waals surface area contributed by atoms with Gasteiger partial charge in [0.2, 0.25) is 0 Å². The van der Waals surface area contributed by atoms with E-state index in [0.717, 1.165) is 19.5 Å². The van der Waals surface area contributed by atoms with Crippen LogP contribution < -0.4 is 5.32 Å². The largest absolute Gasteiger partial charge is 0.469 e. The number of ether oxygens (including phenoxy) is 1. The van der Waals surface area contributed by atoms with Crippen molar-refractivity contribution in [3.8, 4) is 0 Å². The van der Waals surface area contributed by atoms with E-state index in [9.17, 15) is 4.79 Å². The molecule has 0 aromatic heterocycles. The smallest absolute Gasteiger partial charge is 0.306 e. The summed E-state index contributed by atoms with van der Waals surface area (Å²) in [5.41, 5.74) is 1.58. The van der Waals surface area contributed by atoms with E-state index in [1.807, 2.05) is 0 Å². The Balaban J connectivity index is 1.96. The summed E-state index contributed by atoms with van der Waals surface area (Å²) in [4.78, 5) is 10.8. The zero-order chi connectivity index (χ0) is 10.9. The molecule has 0 aromatic rings. The highest BCUT2D eigenvalue weighted by Gasteiger charge is 2.03. The van der Waals surface area contributed by atoms with E-state index >= 15 is 0 Å². The van der Waals surface area contributed by atoms with E-state index < -0.39 is 0 Å². The standard InChI is InChI=1S/C12H21NO2/c1-15-12(14)8-10-13-9-7-11-5-3-2-4-6-11/h5,13H,2-4,6-10H2,1H3. The first-order valence-electron chi connectivity index (χ1n) is 5.78. The topological polar surface area (TPSA) is 38.3 Å². The molecule has 0 saturated carbocycles. The third-order valence-corrected chi connectivity index (χ3v) is 2.74. The third-order valence-electron chi connectivity index (χ3n) is 2.74. The molecule has 86 valence electrons. The Morgan fingerprint density at radius 2 is 2.33 bits per heavy atom. The number of carbonyl (C=O) groups excluding carboxylic acids is 1. The van der Waals surface area contributed by atoms with Gasteiger partial charge >= 0.3 is 5.97 Å². The molecule has 0 unspecified atom stereocenters. The van der Waals surface area contributed by atoms with Crippen molar-refractivity contribution in [3.63, 3.8) is 0 Å². The Hall–Kier alpha value is -0.830. The number of carbonyl (C=O) groups is 1. The fraction of sp³-hybridized carbons (Fsp3) is 0.750. The predicted octanol–water partition coefficient (Wildman–Crippen LogP) is 2.03. The number of nitrogens with one attached hydrogen (secondary N) is 1. The molecular weight excluding hydrogens is 190 g/mol. The van der Waals surface area contributed by atoms with Crippen LogP contribution >= 0.6 is 0 Å². The van der Waals surface area contributed by atoms with Gasteiger partial charge in [-0.1, -0.05) is 11.6 Å². The summed E-state index contributed by atoms with van der Waals surface area (Å²) < 4.78 is 4.56. The van der Waals surface area contributed by atoms with Crippen LogP contribution in [0.25, 0.3) is 0 Å². The minimum Gasteiger partial charge on any atom is -0.469 e. The van der Waals surface area contributed by atoms with Crippen molar-refractivity contribution in [3.05, 3.63) is 11.6 Å². The summed E-state index contributed by atoms with van der Waals surface area (Å²) in [5, 5.41) is 3.26. The molecule has 0 amide bonds.